The van der Waals surface area contributed by atoms with Gasteiger partial charge in [-0.05, 0) is 5.56 Å². The molecule has 1 aromatic carbocycles. The summed E-state index contributed by atoms with van der Waals surface area (Å²) >= 11 is 0. The van der Waals surface area contributed by atoms with E-state index in [1.54, 1.807) is 18.2 Å². The highest BCUT2D eigenvalue weighted by Crippen LogP contribution is 2.15. The van der Waals surface area contributed by atoms with Gasteiger partial charge in [0, 0.05) is 0 Å². The van der Waals surface area contributed by atoms with Gasteiger partial charge in [0.25, 0.3) is 0 Å². The standard InChI is InChI=1S/C10H10O4/c1-14-10(13)8(9(11)12)7-5-3-2-4-6-7/h2-6,8H,1H3,(H,11,12)/p-1/t8-/m0/s1. The Hall–Kier alpha value is -1.84. The minimum absolute atomic E-state index is 0.361. The summed E-state index contributed by atoms with van der Waals surface area (Å²) in [6.45, 7) is 0. The van der Waals surface area contributed by atoms with Crippen LogP contribution in [-0.2, 0) is 14.3 Å². The number of carboxylic acid groups (broad SMARTS) is 1. The van der Waals surface area contributed by atoms with Gasteiger partial charge in [0.15, 0.2) is 0 Å². The fourth-order valence-electron chi connectivity index (χ4n) is 1.13. The van der Waals surface area contributed by atoms with Crippen molar-refractivity contribution in [2.45, 2.75) is 5.92 Å². The molecule has 1 rings (SSSR count). The minimum Gasteiger partial charge on any atom is -0.549 e. The number of esters is 1. The molecule has 0 aliphatic carbocycles. The molecule has 0 saturated heterocycles. The van der Waals surface area contributed by atoms with Crippen molar-refractivity contribution in [1.29, 1.82) is 0 Å². The number of hydrogen-bond donors (Lipinski definition) is 0. The smallest absolute Gasteiger partial charge is 0.318 e. The van der Waals surface area contributed by atoms with Crippen LogP contribution in [0, 0.1) is 0 Å². The third-order valence-corrected chi connectivity index (χ3v) is 1.81. The van der Waals surface area contributed by atoms with Gasteiger partial charge in [-0.3, -0.25) is 4.79 Å². The van der Waals surface area contributed by atoms with Crippen LogP contribution in [0.2, 0.25) is 0 Å². The molecule has 0 radical (unpaired) electrons. The van der Waals surface area contributed by atoms with E-state index in [0.717, 1.165) is 7.11 Å². The topological polar surface area (TPSA) is 66.4 Å². The first-order valence-corrected chi connectivity index (χ1v) is 4.00. The third-order valence-electron chi connectivity index (χ3n) is 1.81. The first kappa shape index (κ1) is 10.2. The molecule has 4 nitrogen and oxygen atoms in total. The summed E-state index contributed by atoms with van der Waals surface area (Å²) < 4.78 is 4.37. The molecule has 4 heteroatoms. The molecule has 0 unspecified atom stereocenters. The van der Waals surface area contributed by atoms with Crippen LogP contribution in [0.1, 0.15) is 11.5 Å². The number of methoxy groups -OCH3 is 1. The van der Waals surface area contributed by atoms with E-state index in [9.17, 15) is 14.7 Å². The molecule has 0 aliphatic rings. The lowest BCUT2D eigenvalue weighted by molar-refractivity contribution is -0.307. The molecule has 14 heavy (non-hydrogen) atoms. The van der Waals surface area contributed by atoms with Gasteiger partial charge in [0.05, 0.1) is 13.1 Å². The van der Waals surface area contributed by atoms with Crippen LogP contribution in [-0.4, -0.2) is 19.0 Å². The molecule has 0 fully saturated rings. The van der Waals surface area contributed by atoms with Crippen LogP contribution in [0.5, 0.6) is 0 Å². The molecule has 0 bridgehead atoms. The number of benzene rings is 1. The van der Waals surface area contributed by atoms with E-state index in [-0.39, 0.29) is 0 Å². The van der Waals surface area contributed by atoms with Gasteiger partial charge >= 0.3 is 5.97 Å². The molecule has 0 heterocycles. The predicted octanol–water partition coefficient (Wildman–Crippen LogP) is -0.307. The molecular formula is C10H9O4-. The Morgan fingerprint density at radius 3 is 2.29 bits per heavy atom. The number of carboxylic acids is 1. The second kappa shape index (κ2) is 4.41. The van der Waals surface area contributed by atoms with Crippen LogP contribution < -0.4 is 5.11 Å². The lowest BCUT2D eigenvalue weighted by Gasteiger charge is -2.15. The summed E-state index contributed by atoms with van der Waals surface area (Å²) in [4.78, 5) is 21.8. The van der Waals surface area contributed by atoms with Crippen molar-refractivity contribution in [1.82, 2.24) is 0 Å². The molecule has 74 valence electrons. The maximum Gasteiger partial charge on any atom is 0.318 e. The second-order valence-corrected chi connectivity index (χ2v) is 2.69. The van der Waals surface area contributed by atoms with E-state index in [0.29, 0.717) is 5.56 Å². The maximum atomic E-state index is 11.1. The molecule has 1 atom stereocenters. The van der Waals surface area contributed by atoms with Crippen LogP contribution in [0.15, 0.2) is 30.3 Å². The van der Waals surface area contributed by atoms with Crippen LogP contribution in [0.4, 0.5) is 0 Å². The van der Waals surface area contributed by atoms with Gasteiger partial charge < -0.3 is 14.6 Å². The van der Waals surface area contributed by atoms with Gasteiger partial charge in [-0.25, -0.2) is 0 Å². The van der Waals surface area contributed by atoms with E-state index in [2.05, 4.69) is 4.74 Å². The van der Waals surface area contributed by atoms with E-state index < -0.39 is 17.9 Å². The summed E-state index contributed by atoms with van der Waals surface area (Å²) in [5.74, 6) is -3.62. The van der Waals surface area contributed by atoms with Crippen molar-refractivity contribution in [2.24, 2.45) is 0 Å². The lowest BCUT2D eigenvalue weighted by Crippen LogP contribution is -2.35. The molecule has 0 N–H and O–H groups in total. The summed E-state index contributed by atoms with van der Waals surface area (Å²) in [6, 6.07) is 8.10. The van der Waals surface area contributed by atoms with E-state index in [1.165, 1.54) is 12.1 Å². The number of ether oxygens (including phenoxy) is 1. The average Bonchev–Trinajstić information content (AvgIpc) is 2.19. The first-order chi connectivity index (χ1) is 6.66. The predicted molar refractivity (Wildman–Crippen MR) is 46.2 cm³/mol. The SMILES string of the molecule is COC(=O)[C@H](C(=O)[O-])c1ccccc1. The Labute approximate surface area is 81.1 Å². The summed E-state index contributed by atoms with van der Waals surface area (Å²) in [5, 5.41) is 10.7. The Balaban J connectivity index is 3.01. The Bertz CT molecular complexity index is 331. The van der Waals surface area contributed by atoms with Crippen LogP contribution in [0.25, 0.3) is 0 Å². The highest BCUT2D eigenvalue weighted by atomic mass is 16.5. The molecule has 1 aromatic rings. The van der Waals surface area contributed by atoms with E-state index >= 15 is 0 Å². The zero-order valence-corrected chi connectivity index (χ0v) is 7.60. The van der Waals surface area contributed by atoms with Crippen molar-refractivity contribution >= 4 is 11.9 Å². The van der Waals surface area contributed by atoms with Crippen molar-refractivity contribution in [3.8, 4) is 0 Å². The number of aliphatic carboxylic acids is 1. The largest absolute Gasteiger partial charge is 0.549 e. The van der Waals surface area contributed by atoms with Crippen LogP contribution >= 0.6 is 0 Å². The van der Waals surface area contributed by atoms with Gasteiger partial charge in [-0.15, -0.1) is 0 Å². The third kappa shape index (κ3) is 2.10. The Morgan fingerprint density at radius 2 is 1.86 bits per heavy atom. The van der Waals surface area contributed by atoms with Gasteiger partial charge in [0.2, 0.25) is 0 Å². The zero-order chi connectivity index (χ0) is 10.6. The number of carbonyl (C=O) groups excluding carboxylic acids is 2. The fraction of sp³-hybridized carbons (Fsp3) is 0.200. The number of hydrogen-bond acceptors (Lipinski definition) is 4. The average molecular weight is 193 g/mol. The quantitative estimate of drug-likeness (QED) is 0.488. The van der Waals surface area contributed by atoms with Crippen LogP contribution in [0.3, 0.4) is 0 Å². The second-order valence-electron chi connectivity index (χ2n) is 2.69. The van der Waals surface area contributed by atoms with Gasteiger partial charge in [0.1, 0.15) is 5.92 Å². The van der Waals surface area contributed by atoms with Gasteiger partial charge in [-0.2, -0.15) is 0 Å². The highest BCUT2D eigenvalue weighted by Gasteiger charge is 2.22. The fourth-order valence-corrected chi connectivity index (χ4v) is 1.13. The van der Waals surface area contributed by atoms with Crippen molar-refractivity contribution in [2.75, 3.05) is 7.11 Å². The normalized spacial score (nSPS) is 11.8. The maximum absolute atomic E-state index is 11.1. The summed E-state index contributed by atoms with van der Waals surface area (Å²) in [5.41, 5.74) is 0.361. The van der Waals surface area contributed by atoms with Crippen molar-refractivity contribution < 1.29 is 19.4 Å². The molecule has 0 aliphatic heterocycles. The molecule has 0 saturated carbocycles. The Morgan fingerprint density at radius 1 is 1.29 bits per heavy atom. The summed E-state index contributed by atoms with van der Waals surface area (Å²) in [6.07, 6.45) is 0. The Kier molecular flexibility index (Phi) is 3.23. The van der Waals surface area contributed by atoms with Crippen molar-refractivity contribution in [3.63, 3.8) is 0 Å². The zero-order valence-electron chi connectivity index (χ0n) is 7.60. The lowest BCUT2D eigenvalue weighted by atomic mass is 10.00. The molecule has 0 spiro atoms. The minimum atomic E-state index is -1.46. The molecule has 0 aromatic heterocycles. The molecular weight excluding hydrogens is 184 g/mol. The molecule has 0 amide bonds. The van der Waals surface area contributed by atoms with Gasteiger partial charge in [-0.1, -0.05) is 30.3 Å². The van der Waals surface area contributed by atoms with E-state index in [1.807, 2.05) is 0 Å². The summed E-state index contributed by atoms with van der Waals surface area (Å²) in [7, 11) is 1.14. The van der Waals surface area contributed by atoms with E-state index in [4.69, 9.17) is 0 Å². The number of rotatable bonds is 3. The van der Waals surface area contributed by atoms with Crippen molar-refractivity contribution in [3.05, 3.63) is 35.9 Å². The highest BCUT2D eigenvalue weighted by molar-refractivity contribution is 5.98. The first-order valence-electron chi connectivity index (χ1n) is 4.00. The number of carbonyl (C=O) groups is 2. The monoisotopic (exact) mass is 193 g/mol.